The number of sulfonamides is 1. The number of amides is 1. The summed E-state index contributed by atoms with van der Waals surface area (Å²) >= 11 is 0. The van der Waals surface area contributed by atoms with E-state index in [1.54, 1.807) is 63.4 Å². The molecule has 1 N–H and O–H groups in total. The van der Waals surface area contributed by atoms with E-state index in [0.717, 1.165) is 0 Å². The molecule has 35 heavy (non-hydrogen) atoms. The van der Waals surface area contributed by atoms with Crippen LogP contribution in [-0.2, 0) is 29.1 Å². The summed E-state index contributed by atoms with van der Waals surface area (Å²) in [6.07, 6.45) is 1.33. The second kappa shape index (κ2) is 11.7. The minimum absolute atomic E-state index is 0.0646. The molecular weight excluding hydrogens is 472 g/mol. The maximum absolute atomic E-state index is 13.5. The summed E-state index contributed by atoms with van der Waals surface area (Å²) in [6.45, 7) is 3.63. The second-order valence-corrected chi connectivity index (χ2v) is 10.3. The third kappa shape index (κ3) is 6.19. The van der Waals surface area contributed by atoms with E-state index in [4.69, 9.17) is 14.2 Å². The lowest BCUT2D eigenvalue weighted by Gasteiger charge is -2.26. The maximum atomic E-state index is 13.5. The minimum atomic E-state index is -3.76. The van der Waals surface area contributed by atoms with Crippen LogP contribution in [0.5, 0.6) is 5.75 Å². The van der Waals surface area contributed by atoms with Crippen molar-refractivity contribution >= 4 is 21.9 Å². The van der Waals surface area contributed by atoms with Gasteiger partial charge >= 0.3 is 5.97 Å². The van der Waals surface area contributed by atoms with E-state index in [-0.39, 0.29) is 24.2 Å². The van der Waals surface area contributed by atoms with Crippen molar-refractivity contribution in [2.45, 2.75) is 43.7 Å². The monoisotopic (exact) mass is 504 g/mol. The third-order valence-corrected chi connectivity index (χ3v) is 8.24. The highest BCUT2D eigenvalue weighted by atomic mass is 32.2. The number of benzene rings is 2. The summed E-state index contributed by atoms with van der Waals surface area (Å²) in [5, 5.41) is 2.62. The van der Waals surface area contributed by atoms with Gasteiger partial charge in [-0.2, -0.15) is 4.31 Å². The van der Waals surface area contributed by atoms with Gasteiger partial charge in [-0.3, -0.25) is 4.79 Å². The fourth-order valence-corrected chi connectivity index (χ4v) is 6.47. The van der Waals surface area contributed by atoms with Crippen LogP contribution in [0.25, 0.3) is 0 Å². The van der Waals surface area contributed by atoms with Gasteiger partial charge in [0.2, 0.25) is 15.9 Å². The standard InChI is InChI=1S/C25H32N2O7S/c1-17-13-21(32-3)14-18(2)24(17)35(30,31)27-12-8-11-20(27)15-34-16-22(28)26-23(25(29)33-4)19-9-6-5-7-10-19/h5-7,9-10,13-14,20,23H,8,11-12,15-16H2,1-4H3,(H,26,28)/t20-,23?/m0/s1. The molecule has 0 spiro atoms. The van der Waals surface area contributed by atoms with Crippen molar-refractivity contribution in [1.82, 2.24) is 9.62 Å². The topological polar surface area (TPSA) is 111 Å². The molecule has 1 heterocycles. The molecule has 0 radical (unpaired) electrons. The van der Waals surface area contributed by atoms with Gasteiger partial charge in [-0.1, -0.05) is 30.3 Å². The van der Waals surface area contributed by atoms with Crippen LogP contribution in [0.2, 0.25) is 0 Å². The van der Waals surface area contributed by atoms with Crippen molar-refractivity contribution < 1.29 is 32.2 Å². The number of nitrogens with one attached hydrogen (secondary N) is 1. The van der Waals surface area contributed by atoms with Crippen LogP contribution in [-0.4, -0.2) is 64.6 Å². The van der Waals surface area contributed by atoms with Gasteiger partial charge in [0.25, 0.3) is 0 Å². The Bertz CT molecular complexity index is 1130. The average Bonchev–Trinajstić information content (AvgIpc) is 3.31. The highest BCUT2D eigenvalue weighted by Crippen LogP contribution is 2.32. The lowest BCUT2D eigenvalue weighted by Crippen LogP contribution is -2.40. The Hall–Kier alpha value is -2.95. The molecule has 1 aliphatic heterocycles. The second-order valence-electron chi connectivity index (χ2n) is 8.45. The van der Waals surface area contributed by atoms with Gasteiger partial charge in [-0.15, -0.1) is 0 Å². The first-order chi connectivity index (χ1) is 16.7. The molecule has 1 unspecified atom stereocenters. The quantitative estimate of drug-likeness (QED) is 0.495. The smallest absolute Gasteiger partial charge is 0.333 e. The van der Waals surface area contributed by atoms with Gasteiger partial charge in [0.15, 0.2) is 6.04 Å². The first-order valence-electron chi connectivity index (χ1n) is 11.4. The fourth-order valence-electron chi connectivity index (χ4n) is 4.38. The molecule has 9 nitrogen and oxygen atoms in total. The molecule has 2 aromatic rings. The molecule has 0 saturated carbocycles. The normalized spacial score (nSPS) is 17.1. The van der Waals surface area contributed by atoms with Crippen LogP contribution in [0.3, 0.4) is 0 Å². The lowest BCUT2D eigenvalue weighted by molar-refractivity contribution is -0.146. The van der Waals surface area contributed by atoms with Crippen LogP contribution in [0, 0.1) is 13.8 Å². The summed E-state index contributed by atoms with van der Waals surface area (Å²) in [5.74, 6) is -0.492. The number of hydrogen-bond acceptors (Lipinski definition) is 7. The van der Waals surface area contributed by atoms with Gasteiger partial charge in [0.1, 0.15) is 12.4 Å². The Labute approximate surface area is 206 Å². The number of ether oxygens (including phenoxy) is 3. The first kappa shape index (κ1) is 26.7. The van der Waals surface area contributed by atoms with Crippen molar-refractivity contribution in [3.05, 3.63) is 59.2 Å². The van der Waals surface area contributed by atoms with Crippen molar-refractivity contribution in [3.8, 4) is 5.75 Å². The van der Waals surface area contributed by atoms with E-state index < -0.39 is 27.9 Å². The van der Waals surface area contributed by atoms with Gasteiger partial charge < -0.3 is 19.5 Å². The number of methoxy groups -OCH3 is 2. The summed E-state index contributed by atoms with van der Waals surface area (Å²) in [5.41, 5.74) is 1.82. The number of carbonyl (C=O) groups excluding carboxylic acids is 2. The first-order valence-corrected chi connectivity index (χ1v) is 12.8. The molecule has 1 aliphatic rings. The Morgan fingerprint density at radius 3 is 2.37 bits per heavy atom. The van der Waals surface area contributed by atoms with Crippen molar-refractivity contribution in [1.29, 1.82) is 0 Å². The van der Waals surface area contributed by atoms with Crippen molar-refractivity contribution in [2.24, 2.45) is 0 Å². The zero-order valence-corrected chi connectivity index (χ0v) is 21.3. The SMILES string of the molecule is COC(=O)C(NC(=O)COC[C@@H]1CCCN1S(=O)(=O)c1c(C)cc(OC)cc1C)c1ccccc1. The molecule has 190 valence electrons. The van der Waals surface area contributed by atoms with Gasteiger partial charge in [0.05, 0.1) is 25.7 Å². The van der Waals surface area contributed by atoms with E-state index in [0.29, 0.717) is 41.8 Å². The van der Waals surface area contributed by atoms with Crippen LogP contribution in [0.4, 0.5) is 0 Å². The van der Waals surface area contributed by atoms with Crippen LogP contribution in [0.15, 0.2) is 47.4 Å². The van der Waals surface area contributed by atoms with E-state index in [2.05, 4.69) is 5.32 Å². The zero-order valence-electron chi connectivity index (χ0n) is 20.4. The van der Waals surface area contributed by atoms with Crippen molar-refractivity contribution in [3.63, 3.8) is 0 Å². The average molecular weight is 505 g/mol. The minimum Gasteiger partial charge on any atom is -0.497 e. The largest absolute Gasteiger partial charge is 0.497 e. The molecule has 2 aromatic carbocycles. The van der Waals surface area contributed by atoms with Gasteiger partial charge in [-0.25, -0.2) is 13.2 Å². The van der Waals surface area contributed by atoms with Crippen LogP contribution in [0.1, 0.15) is 35.6 Å². The molecule has 0 aromatic heterocycles. The Balaban J connectivity index is 1.64. The molecule has 0 bridgehead atoms. The Kier molecular flexibility index (Phi) is 8.87. The molecule has 1 saturated heterocycles. The van der Waals surface area contributed by atoms with Gasteiger partial charge in [0, 0.05) is 12.6 Å². The van der Waals surface area contributed by atoms with Gasteiger partial charge in [-0.05, 0) is 55.5 Å². The number of carbonyl (C=O) groups is 2. The molecule has 3 rings (SSSR count). The third-order valence-electron chi connectivity index (χ3n) is 5.98. The van der Waals surface area contributed by atoms with E-state index in [1.807, 2.05) is 0 Å². The highest BCUT2D eigenvalue weighted by Gasteiger charge is 2.37. The number of hydrogen-bond donors (Lipinski definition) is 1. The molecular formula is C25H32N2O7S. The summed E-state index contributed by atoms with van der Waals surface area (Å²) in [4.78, 5) is 24.9. The number of nitrogens with zero attached hydrogens (tertiary/aromatic N) is 1. The fraction of sp³-hybridized carbons (Fsp3) is 0.440. The summed E-state index contributed by atoms with van der Waals surface area (Å²) < 4.78 is 44.1. The Morgan fingerprint density at radius 2 is 1.77 bits per heavy atom. The highest BCUT2D eigenvalue weighted by molar-refractivity contribution is 7.89. The van der Waals surface area contributed by atoms with Crippen molar-refractivity contribution in [2.75, 3.05) is 34.0 Å². The lowest BCUT2D eigenvalue weighted by atomic mass is 10.1. The van der Waals surface area contributed by atoms with Crippen LogP contribution >= 0.6 is 0 Å². The number of esters is 1. The molecule has 1 fully saturated rings. The van der Waals surface area contributed by atoms with E-state index in [9.17, 15) is 18.0 Å². The predicted molar refractivity (Wildman–Crippen MR) is 130 cm³/mol. The van der Waals surface area contributed by atoms with E-state index in [1.165, 1.54) is 11.4 Å². The predicted octanol–water partition coefficient (Wildman–Crippen LogP) is 2.51. The number of rotatable bonds is 10. The molecule has 10 heteroatoms. The summed E-state index contributed by atoms with van der Waals surface area (Å²) in [7, 11) is -0.965. The number of aryl methyl sites for hydroxylation is 2. The molecule has 2 atom stereocenters. The molecule has 1 amide bonds. The van der Waals surface area contributed by atoms with E-state index >= 15 is 0 Å². The van der Waals surface area contributed by atoms with Crippen LogP contribution < -0.4 is 10.1 Å². The zero-order chi connectivity index (χ0) is 25.6. The Morgan fingerprint density at radius 1 is 1.11 bits per heavy atom. The maximum Gasteiger partial charge on any atom is 0.333 e. The molecule has 0 aliphatic carbocycles. The summed E-state index contributed by atoms with van der Waals surface area (Å²) in [6, 6.07) is 10.8.